The molecule has 0 bridgehead atoms. The van der Waals surface area contributed by atoms with Gasteiger partial charge in [-0.05, 0) is 50.8 Å². The zero-order chi connectivity index (χ0) is 22.8. The molecule has 1 aromatic carbocycles. The monoisotopic (exact) mass is 573 g/mol. The molecule has 1 aliphatic rings. The molecule has 1 aromatic heterocycles. The van der Waals surface area contributed by atoms with Crippen LogP contribution in [0.25, 0.3) is 10.9 Å². The number of piperidine rings is 1. The van der Waals surface area contributed by atoms with Gasteiger partial charge < -0.3 is 34.7 Å². The molecule has 8 nitrogen and oxygen atoms in total. The largest absolute Gasteiger partial charge is 0.497 e. The van der Waals surface area contributed by atoms with Crippen molar-refractivity contribution in [2.75, 3.05) is 67.7 Å². The van der Waals surface area contributed by atoms with Crippen LogP contribution < -0.4 is 20.1 Å². The van der Waals surface area contributed by atoms with E-state index in [1.54, 1.807) is 21.3 Å². The zero-order valence-electron chi connectivity index (χ0n) is 20.4. The Labute approximate surface area is 214 Å². The second-order valence-electron chi connectivity index (χ2n) is 8.35. The van der Waals surface area contributed by atoms with Gasteiger partial charge in [-0.15, -0.1) is 24.0 Å². The molecule has 0 atom stereocenters. The molecule has 2 heterocycles. The Balaban J connectivity index is 0.00000385. The molecule has 1 aliphatic heterocycles. The SMILES string of the molecule is CN=C(NCCCc1cc2c(OC)cc(OC)cc2[nH]1)NCC1CCN(CCOC)CC1.I. The van der Waals surface area contributed by atoms with E-state index in [0.29, 0.717) is 5.92 Å². The predicted molar refractivity (Wildman–Crippen MR) is 146 cm³/mol. The summed E-state index contributed by atoms with van der Waals surface area (Å²) in [6.45, 7) is 6.01. The Kier molecular flexibility index (Phi) is 12.1. The van der Waals surface area contributed by atoms with Crippen LogP contribution in [0, 0.1) is 5.92 Å². The van der Waals surface area contributed by atoms with E-state index in [1.165, 1.54) is 18.5 Å². The predicted octanol–water partition coefficient (Wildman–Crippen LogP) is 3.26. The van der Waals surface area contributed by atoms with E-state index in [2.05, 4.69) is 31.6 Å². The van der Waals surface area contributed by atoms with Gasteiger partial charge in [0.15, 0.2) is 5.96 Å². The third-order valence-electron chi connectivity index (χ3n) is 6.20. The van der Waals surface area contributed by atoms with Gasteiger partial charge in [-0.3, -0.25) is 4.99 Å². The molecule has 0 unspecified atom stereocenters. The van der Waals surface area contributed by atoms with Crippen molar-refractivity contribution >= 4 is 40.8 Å². The Morgan fingerprint density at radius 2 is 1.91 bits per heavy atom. The number of guanidine groups is 1. The average molecular weight is 574 g/mol. The van der Waals surface area contributed by atoms with Crippen molar-refractivity contribution in [1.29, 1.82) is 0 Å². The highest BCUT2D eigenvalue weighted by atomic mass is 127. The number of hydrogen-bond acceptors (Lipinski definition) is 5. The molecule has 3 N–H and O–H groups in total. The summed E-state index contributed by atoms with van der Waals surface area (Å²) < 4.78 is 16.1. The quantitative estimate of drug-likeness (QED) is 0.166. The molecule has 0 saturated carbocycles. The van der Waals surface area contributed by atoms with Crippen LogP contribution in [0.15, 0.2) is 23.2 Å². The highest BCUT2D eigenvalue weighted by Crippen LogP contribution is 2.31. The fourth-order valence-electron chi connectivity index (χ4n) is 4.24. The van der Waals surface area contributed by atoms with Crippen molar-refractivity contribution in [3.63, 3.8) is 0 Å². The minimum absolute atomic E-state index is 0. The van der Waals surface area contributed by atoms with Crippen molar-refractivity contribution < 1.29 is 14.2 Å². The van der Waals surface area contributed by atoms with Crippen LogP contribution >= 0.6 is 24.0 Å². The van der Waals surface area contributed by atoms with Gasteiger partial charge in [-0.1, -0.05) is 0 Å². The first-order chi connectivity index (χ1) is 15.7. The van der Waals surface area contributed by atoms with Gasteiger partial charge >= 0.3 is 0 Å². The average Bonchev–Trinajstić information content (AvgIpc) is 3.25. The Morgan fingerprint density at radius 3 is 2.58 bits per heavy atom. The summed E-state index contributed by atoms with van der Waals surface area (Å²) in [6, 6.07) is 6.09. The molecule has 0 aliphatic carbocycles. The number of aromatic amines is 1. The molecule has 0 amide bonds. The summed E-state index contributed by atoms with van der Waals surface area (Å²) in [5.74, 6) is 3.20. The maximum atomic E-state index is 5.51. The van der Waals surface area contributed by atoms with Crippen molar-refractivity contribution in [3.8, 4) is 11.5 Å². The molecule has 3 rings (SSSR count). The van der Waals surface area contributed by atoms with E-state index in [-0.39, 0.29) is 24.0 Å². The van der Waals surface area contributed by atoms with Gasteiger partial charge in [0.2, 0.25) is 0 Å². The first kappa shape index (κ1) is 27.5. The number of halogens is 1. The lowest BCUT2D eigenvalue weighted by molar-refractivity contribution is 0.121. The van der Waals surface area contributed by atoms with Crippen LogP contribution in [-0.2, 0) is 11.2 Å². The van der Waals surface area contributed by atoms with Gasteiger partial charge in [-0.2, -0.15) is 0 Å². The summed E-state index contributed by atoms with van der Waals surface area (Å²) in [5, 5.41) is 8.03. The molecular weight excluding hydrogens is 533 g/mol. The second kappa shape index (κ2) is 14.5. The molecule has 0 radical (unpaired) electrons. The number of hydrogen-bond donors (Lipinski definition) is 3. The molecule has 9 heteroatoms. The number of H-pyrrole nitrogens is 1. The topological polar surface area (TPSA) is 83.1 Å². The number of methoxy groups -OCH3 is 3. The number of nitrogens with zero attached hydrogens (tertiary/aromatic N) is 2. The molecule has 33 heavy (non-hydrogen) atoms. The van der Waals surface area contributed by atoms with Gasteiger partial charge in [0.05, 0.1) is 26.3 Å². The van der Waals surface area contributed by atoms with E-state index in [0.717, 1.165) is 80.5 Å². The van der Waals surface area contributed by atoms with Crippen molar-refractivity contribution in [2.45, 2.75) is 25.7 Å². The molecule has 2 aromatic rings. The minimum Gasteiger partial charge on any atom is -0.497 e. The minimum atomic E-state index is 0. The summed E-state index contributed by atoms with van der Waals surface area (Å²) in [7, 11) is 6.96. The smallest absolute Gasteiger partial charge is 0.190 e. The van der Waals surface area contributed by atoms with E-state index in [9.17, 15) is 0 Å². The van der Waals surface area contributed by atoms with Gasteiger partial charge in [0, 0.05) is 57.0 Å². The highest BCUT2D eigenvalue weighted by Gasteiger charge is 2.19. The standard InChI is InChI=1S/C24H39N5O3.HI/c1-25-24(27-17-18-7-10-29(11-8-18)12-13-30-2)26-9-5-6-19-14-21-22(28-19)15-20(31-3)16-23(21)32-4;/h14-16,18,28H,5-13,17H2,1-4H3,(H2,25,26,27);1H. The normalized spacial score (nSPS) is 15.3. The molecular formula is C24H40IN5O3. The maximum Gasteiger partial charge on any atom is 0.190 e. The van der Waals surface area contributed by atoms with E-state index < -0.39 is 0 Å². The first-order valence-corrected chi connectivity index (χ1v) is 11.6. The number of rotatable bonds is 11. The summed E-state index contributed by atoms with van der Waals surface area (Å²) in [5.41, 5.74) is 2.23. The van der Waals surface area contributed by atoms with E-state index in [4.69, 9.17) is 14.2 Å². The van der Waals surface area contributed by atoms with Crippen LogP contribution in [0.4, 0.5) is 0 Å². The molecule has 1 fully saturated rings. The molecule has 1 saturated heterocycles. The lowest BCUT2D eigenvalue weighted by Gasteiger charge is -2.32. The lowest BCUT2D eigenvalue weighted by atomic mass is 9.97. The van der Waals surface area contributed by atoms with Crippen molar-refractivity contribution in [1.82, 2.24) is 20.5 Å². The third-order valence-corrected chi connectivity index (χ3v) is 6.20. The summed E-state index contributed by atoms with van der Waals surface area (Å²) in [4.78, 5) is 10.4. The van der Waals surface area contributed by atoms with Gasteiger partial charge in [-0.25, -0.2) is 0 Å². The number of fused-ring (bicyclic) bond motifs is 1. The fraction of sp³-hybridized carbons (Fsp3) is 0.625. The van der Waals surface area contributed by atoms with Crippen LogP contribution in [0.1, 0.15) is 25.0 Å². The maximum absolute atomic E-state index is 5.51. The third kappa shape index (κ3) is 8.22. The second-order valence-corrected chi connectivity index (χ2v) is 8.35. The van der Waals surface area contributed by atoms with Crippen molar-refractivity contribution in [2.24, 2.45) is 10.9 Å². The summed E-state index contributed by atoms with van der Waals surface area (Å²) >= 11 is 0. The van der Waals surface area contributed by atoms with Crippen LogP contribution in [0.3, 0.4) is 0 Å². The number of aromatic nitrogens is 1. The van der Waals surface area contributed by atoms with Gasteiger partial charge in [0.25, 0.3) is 0 Å². The van der Waals surface area contributed by atoms with Gasteiger partial charge in [0.1, 0.15) is 11.5 Å². The van der Waals surface area contributed by atoms with Crippen LogP contribution in [-0.4, -0.2) is 83.6 Å². The Morgan fingerprint density at radius 1 is 1.12 bits per heavy atom. The molecule has 186 valence electrons. The molecule has 0 spiro atoms. The van der Waals surface area contributed by atoms with E-state index >= 15 is 0 Å². The fourth-order valence-corrected chi connectivity index (χ4v) is 4.24. The van der Waals surface area contributed by atoms with Crippen LogP contribution in [0.5, 0.6) is 11.5 Å². The number of benzene rings is 1. The van der Waals surface area contributed by atoms with Crippen molar-refractivity contribution in [3.05, 3.63) is 23.9 Å². The van der Waals surface area contributed by atoms with E-state index in [1.807, 2.05) is 19.2 Å². The lowest BCUT2D eigenvalue weighted by Crippen LogP contribution is -2.43. The number of likely N-dealkylation sites (tertiary alicyclic amines) is 1. The number of aryl methyl sites for hydroxylation is 1. The highest BCUT2D eigenvalue weighted by molar-refractivity contribution is 14.0. The van der Waals surface area contributed by atoms with Crippen LogP contribution in [0.2, 0.25) is 0 Å². The zero-order valence-corrected chi connectivity index (χ0v) is 22.7. The number of ether oxygens (including phenoxy) is 3. The number of aliphatic imine (C=N–C) groups is 1. The number of nitrogens with one attached hydrogen (secondary N) is 3. The summed E-state index contributed by atoms with van der Waals surface area (Å²) in [6.07, 6.45) is 4.40. The Bertz CT molecular complexity index is 865. The first-order valence-electron chi connectivity index (χ1n) is 11.6. The Hall–Kier alpha value is -1.72.